The molecule has 2 amide bonds. The van der Waals surface area contributed by atoms with E-state index in [1.165, 1.54) is 5.69 Å². The number of benzene rings is 1. The molecule has 0 atom stereocenters. The topological polar surface area (TPSA) is 58.4 Å². The standard InChI is InChI=1S/C23H28N4O2/c28-22(25-13-4-5-14-25)17-11-15-26(16-12-17)23(29)21-19-9-6-10-20(19)27(24-21)18-7-2-1-3-8-18/h1-3,7-8,17H,4-6,9-16H2. The first kappa shape index (κ1) is 18.4. The Hall–Kier alpha value is -2.63. The van der Waals surface area contributed by atoms with Crippen LogP contribution in [0.5, 0.6) is 0 Å². The minimum absolute atomic E-state index is 0.0323. The number of carbonyl (C=O) groups is 2. The monoisotopic (exact) mass is 392 g/mol. The number of carbonyl (C=O) groups excluding carboxylic acids is 2. The van der Waals surface area contributed by atoms with Crippen LogP contribution in [0.15, 0.2) is 30.3 Å². The van der Waals surface area contributed by atoms with Crippen molar-refractivity contribution >= 4 is 11.8 Å². The van der Waals surface area contributed by atoms with Gasteiger partial charge in [-0.05, 0) is 57.1 Å². The lowest BCUT2D eigenvalue weighted by Gasteiger charge is -2.33. The molecule has 1 aromatic carbocycles. The largest absolute Gasteiger partial charge is 0.342 e. The van der Waals surface area contributed by atoms with Crippen LogP contribution in [0, 0.1) is 5.92 Å². The summed E-state index contributed by atoms with van der Waals surface area (Å²) in [4.78, 5) is 29.9. The summed E-state index contributed by atoms with van der Waals surface area (Å²) in [6.07, 6.45) is 6.75. The molecular formula is C23H28N4O2. The summed E-state index contributed by atoms with van der Waals surface area (Å²) in [5.74, 6) is 0.401. The first-order valence-corrected chi connectivity index (χ1v) is 11.0. The molecule has 2 fully saturated rings. The zero-order valence-corrected chi connectivity index (χ0v) is 16.8. The van der Waals surface area contributed by atoms with Crippen LogP contribution in [0.1, 0.15) is 53.8 Å². The fourth-order valence-corrected chi connectivity index (χ4v) is 5.07. The van der Waals surface area contributed by atoms with E-state index >= 15 is 0 Å². The summed E-state index contributed by atoms with van der Waals surface area (Å²) in [5.41, 5.74) is 3.93. The van der Waals surface area contributed by atoms with Gasteiger partial charge in [-0.25, -0.2) is 4.68 Å². The number of amides is 2. The highest BCUT2D eigenvalue weighted by Gasteiger charge is 2.34. The van der Waals surface area contributed by atoms with Gasteiger partial charge in [0.25, 0.3) is 5.91 Å². The maximum atomic E-state index is 13.3. The Labute approximate surface area is 171 Å². The molecule has 1 aliphatic carbocycles. The van der Waals surface area contributed by atoms with Crippen molar-refractivity contribution in [2.45, 2.75) is 44.9 Å². The van der Waals surface area contributed by atoms with Crippen molar-refractivity contribution in [3.05, 3.63) is 47.3 Å². The predicted molar refractivity (Wildman–Crippen MR) is 110 cm³/mol. The average molecular weight is 393 g/mol. The van der Waals surface area contributed by atoms with Gasteiger partial charge in [0.2, 0.25) is 5.91 Å². The number of piperidine rings is 1. The van der Waals surface area contributed by atoms with Gasteiger partial charge < -0.3 is 9.80 Å². The van der Waals surface area contributed by atoms with Crippen LogP contribution in [-0.4, -0.2) is 57.6 Å². The van der Waals surface area contributed by atoms with Gasteiger partial charge in [0.15, 0.2) is 5.69 Å². The maximum absolute atomic E-state index is 13.3. The third-order valence-corrected chi connectivity index (χ3v) is 6.68. The summed E-state index contributed by atoms with van der Waals surface area (Å²) < 4.78 is 1.96. The van der Waals surface area contributed by atoms with Crippen molar-refractivity contribution in [3.63, 3.8) is 0 Å². The van der Waals surface area contributed by atoms with Crippen molar-refractivity contribution in [1.82, 2.24) is 19.6 Å². The number of likely N-dealkylation sites (tertiary alicyclic amines) is 2. The van der Waals surface area contributed by atoms with Crippen molar-refractivity contribution in [1.29, 1.82) is 0 Å². The number of hydrogen-bond acceptors (Lipinski definition) is 3. The van der Waals surface area contributed by atoms with Gasteiger partial charge in [-0.3, -0.25) is 9.59 Å². The fourth-order valence-electron chi connectivity index (χ4n) is 5.07. The quantitative estimate of drug-likeness (QED) is 0.807. The van der Waals surface area contributed by atoms with E-state index in [2.05, 4.69) is 0 Å². The zero-order valence-electron chi connectivity index (χ0n) is 16.8. The molecular weight excluding hydrogens is 364 g/mol. The van der Waals surface area contributed by atoms with E-state index in [4.69, 9.17) is 5.10 Å². The molecule has 5 rings (SSSR count). The molecule has 0 radical (unpaired) electrons. The summed E-state index contributed by atoms with van der Waals surface area (Å²) in [7, 11) is 0. The van der Waals surface area contributed by atoms with Gasteiger partial charge >= 0.3 is 0 Å². The van der Waals surface area contributed by atoms with Gasteiger partial charge in [0.05, 0.1) is 5.69 Å². The molecule has 1 aromatic heterocycles. The van der Waals surface area contributed by atoms with Gasteiger partial charge in [-0.1, -0.05) is 18.2 Å². The molecule has 3 aliphatic rings. The SMILES string of the molecule is O=C(c1nn(-c2ccccc2)c2c1CCC2)N1CCC(C(=O)N2CCCC2)CC1. The highest BCUT2D eigenvalue weighted by molar-refractivity contribution is 5.94. The Morgan fingerprint density at radius 1 is 0.862 bits per heavy atom. The number of nitrogens with zero attached hydrogens (tertiary/aromatic N) is 4. The molecule has 6 heteroatoms. The first-order valence-electron chi connectivity index (χ1n) is 11.0. The van der Waals surface area contributed by atoms with E-state index in [1.807, 2.05) is 44.8 Å². The number of fused-ring (bicyclic) bond motifs is 1. The predicted octanol–water partition coefficient (Wildman–Crippen LogP) is 2.84. The molecule has 2 aromatic rings. The van der Waals surface area contributed by atoms with E-state index < -0.39 is 0 Å². The smallest absolute Gasteiger partial charge is 0.274 e. The van der Waals surface area contributed by atoms with Crippen molar-refractivity contribution in [2.75, 3.05) is 26.2 Å². The van der Waals surface area contributed by atoms with Crippen LogP contribution in [-0.2, 0) is 17.6 Å². The van der Waals surface area contributed by atoms with Gasteiger partial charge in [0, 0.05) is 43.4 Å². The third-order valence-electron chi connectivity index (χ3n) is 6.68. The lowest BCUT2D eigenvalue weighted by molar-refractivity contribution is -0.135. The molecule has 0 saturated carbocycles. The highest BCUT2D eigenvalue weighted by Crippen LogP contribution is 2.30. The van der Waals surface area contributed by atoms with Gasteiger partial charge in [0.1, 0.15) is 0 Å². The highest BCUT2D eigenvalue weighted by atomic mass is 16.2. The fraction of sp³-hybridized carbons (Fsp3) is 0.522. The second-order valence-electron chi connectivity index (χ2n) is 8.47. The van der Waals surface area contributed by atoms with Crippen molar-refractivity contribution in [2.24, 2.45) is 5.92 Å². The van der Waals surface area contributed by atoms with Crippen LogP contribution in [0.3, 0.4) is 0 Å². The Bertz CT molecular complexity index is 906. The second kappa shape index (κ2) is 7.65. The summed E-state index contributed by atoms with van der Waals surface area (Å²) in [6, 6.07) is 10.1. The number of rotatable bonds is 3. The molecule has 152 valence electrons. The number of aromatic nitrogens is 2. The lowest BCUT2D eigenvalue weighted by Crippen LogP contribution is -2.44. The lowest BCUT2D eigenvalue weighted by atomic mass is 9.95. The van der Waals surface area contributed by atoms with E-state index in [9.17, 15) is 9.59 Å². The Morgan fingerprint density at radius 2 is 1.59 bits per heavy atom. The summed E-state index contributed by atoms with van der Waals surface area (Å²) in [6.45, 7) is 3.11. The van der Waals surface area contributed by atoms with Gasteiger partial charge in [-0.2, -0.15) is 5.10 Å². The van der Waals surface area contributed by atoms with Crippen LogP contribution in [0.2, 0.25) is 0 Å². The van der Waals surface area contributed by atoms with E-state index in [0.717, 1.165) is 69.3 Å². The Balaban J connectivity index is 1.31. The Morgan fingerprint density at radius 3 is 2.31 bits per heavy atom. The zero-order chi connectivity index (χ0) is 19.8. The van der Waals surface area contributed by atoms with Crippen LogP contribution < -0.4 is 0 Å². The molecule has 0 unspecified atom stereocenters. The molecule has 0 spiro atoms. The van der Waals surface area contributed by atoms with E-state index in [0.29, 0.717) is 24.7 Å². The number of para-hydroxylation sites is 1. The summed E-state index contributed by atoms with van der Waals surface area (Å²) in [5, 5.41) is 4.74. The average Bonchev–Trinajstić information content (AvgIpc) is 3.51. The van der Waals surface area contributed by atoms with Crippen molar-refractivity contribution in [3.8, 4) is 5.69 Å². The molecule has 2 saturated heterocycles. The summed E-state index contributed by atoms with van der Waals surface area (Å²) >= 11 is 0. The molecule has 2 aliphatic heterocycles. The molecule has 0 bridgehead atoms. The van der Waals surface area contributed by atoms with Crippen LogP contribution in [0.25, 0.3) is 5.69 Å². The molecule has 29 heavy (non-hydrogen) atoms. The van der Waals surface area contributed by atoms with Crippen molar-refractivity contribution < 1.29 is 9.59 Å². The molecule has 6 nitrogen and oxygen atoms in total. The number of hydrogen-bond donors (Lipinski definition) is 0. The normalized spacial score (nSPS) is 19.6. The molecule has 3 heterocycles. The minimum atomic E-state index is 0.0323. The first-order chi connectivity index (χ1) is 14.2. The van der Waals surface area contributed by atoms with Crippen LogP contribution in [0.4, 0.5) is 0 Å². The van der Waals surface area contributed by atoms with Crippen LogP contribution >= 0.6 is 0 Å². The van der Waals surface area contributed by atoms with E-state index in [1.54, 1.807) is 0 Å². The van der Waals surface area contributed by atoms with E-state index in [-0.39, 0.29) is 11.8 Å². The Kier molecular flexibility index (Phi) is 4.86. The van der Waals surface area contributed by atoms with Gasteiger partial charge in [-0.15, -0.1) is 0 Å². The minimum Gasteiger partial charge on any atom is -0.342 e. The second-order valence-corrected chi connectivity index (χ2v) is 8.47. The molecule has 0 N–H and O–H groups in total. The maximum Gasteiger partial charge on any atom is 0.274 e. The third kappa shape index (κ3) is 3.34.